The summed E-state index contributed by atoms with van der Waals surface area (Å²) >= 11 is 5.89. The van der Waals surface area contributed by atoms with E-state index in [4.69, 9.17) is 11.6 Å². The topological polar surface area (TPSA) is 36.4 Å². The smallest absolute Gasteiger partial charge is 0.276 e. The van der Waals surface area contributed by atoms with Crippen LogP contribution in [-0.2, 0) is 6.54 Å². The molecule has 0 unspecified atom stereocenters. The number of hydrogen-bond donors (Lipinski definition) is 0. The van der Waals surface area contributed by atoms with Crippen molar-refractivity contribution in [2.45, 2.75) is 25.4 Å². The molecule has 0 radical (unpaired) electrons. The Balaban J connectivity index is 1.73. The lowest BCUT2D eigenvalue weighted by Gasteiger charge is -2.26. The predicted molar refractivity (Wildman–Crippen MR) is 90.8 cm³/mol. The lowest BCUT2D eigenvalue weighted by atomic mass is 10.1. The van der Waals surface area contributed by atoms with E-state index >= 15 is 0 Å². The number of nitrogens with zero attached hydrogens (tertiary/aromatic N) is 3. The molecule has 2 aliphatic rings. The number of anilines is 1. The highest BCUT2D eigenvalue weighted by Crippen LogP contribution is 2.32. The molecule has 0 bridgehead atoms. The van der Waals surface area contributed by atoms with Gasteiger partial charge in [-0.2, -0.15) is 0 Å². The number of aromatic nitrogens is 1. The van der Waals surface area contributed by atoms with Crippen molar-refractivity contribution >= 4 is 23.2 Å². The van der Waals surface area contributed by atoms with E-state index in [9.17, 15) is 4.79 Å². The highest BCUT2D eigenvalue weighted by atomic mass is 35.5. The van der Waals surface area contributed by atoms with Crippen molar-refractivity contribution in [2.24, 2.45) is 0 Å². The molecule has 0 saturated carbocycles. The van der Waals surface area contributed by atoms with Crippen molar-refractivity contribution in [3.05, 3.63) is 58.9 Å². The number of amides is 1. The van der Waals surface area contributed by atoms with Crippen LogP contribution in [0, 0.1) is 0 Å². The second-order valence-corrected chi connectivity index (χ2v) is 6.61. The number of para-hydroxylation sites is 1. The van der Waals surface area contributed by atoms with Crippen LogP contribution < -0.4 is 4.90 Å². The monoisotopic (exact) mass is 327 g/mol. The minimum absolute atomic E-state index is 0.0529. The molecule has 3 heterocycles. The fourth-order valence-electron chi connectivity index (χ4n) is 3.58. The van der Waals surface area contributed by atoms with E-state index in [0.717, 1.165) is 31.7 Å². The molecule has 23 heavy (non-hydrogen) atoms. The zero-order chi connectivity index (χ0) is 15.8. The van der Waals surface area contributed by atoms with E-state index in [1.165, 1.54) is 18.2 Å². The summed E-state index contributed by atoms with van der Waals surface area (Å²) < 4.78 is 0. The molecule has 1 saturated heterocycles. The van der Waals surface area contributed by atoms with Gasteiger partial charge in [0.2, 0.25) is 0 Å². The molecular weight excluding hydrogens is 310 g/mol. The standard InChI is InChI=1S/C18H18ClN3O/c19-14-7-8-16(20-10-14)18(23)22-12-15-5-3-9-21(15)11-13-4-1-2-6-17(13)22/h1-2,4,6-8,10,15H,3,5,9,11-12H2/t15-/m0/s1. The van der Waals surface area contributed by atoms with Crippen LogP contribution >= 0.6 is 11.6 Å². The van der Waals surface area contributed by atoms with Gasteiger partial charge in [-0.3, -0.25) is 9.69 Å². The van der Waals surface area contributed by atoms with Gasteiger partial charge in [0.15, 0.2) is 0 Å². The molecule has 5 heteroatoms. The third-order valence-electron chi connectivity index (χ3n) is 4.74. The summed E-state index contributed by atoms with van der Waals surface area (Å²) in [5.41, 5.74) is 2.65. The van der Waals surface area contributed by atoms with Gasteiger partial charge < -0.3 is 4.90 Å². The van der Waals surface area contributed by atoms with Crippen LogP contribution in [0.4, 0.5) is 5.69 Å². The molecule has 2 aromatic rings. The molecule has 1 amide bonds. The molecule has 4 rings (SSSR count). The lowest BCUT2D eigenvalue weighted by molar-refractivity contribution is 0.0976. The number of carbonyl (C=O) groups is 1. The van der Waals surface area contributed by atoms with Gasteiger partial charge in [0, 0.05) is 31.0 Å². The molecule has 118 valence electrons. The summed E-state index contributed by atoms with van der Waals surface area (Å²) in [7, 11) is 0. The molecule has 0 spiro atoms. The average molecular weight is 328 g/mol. The fraction of sp³-hybridized carbons (Fsp3) is 0.333. The van der Waals surface area contributed by atoms with Gasteiger partial charge >= 0.3 is 0 Å². The van der Waals surface area contributed by atoms with Crippen molar-refractivity contribution in [2.75, 3.05) is 18.0 Å². The second kappa shape index (κ2) is 5.95. The summed E-state index contributed by atoms with van der Waals surface area (Å²) in [5, 5.41) is 0.541. The quantitative estimate of drug-likeness (QED) is 0.806. The maximum Gasteiger partial charge on any atom is 0.276 e. The third kappa shape index (κ3) is 2.73. The third-order valence-corrected chi connectivity index (χ3v) is 4.96. The molecular formula is C18H18ClN3O. The van der Waals surface area contributed by atoms with Gasteiger partial charge in [0.25, 0.3) is 5.91 Å². The van der Waals surface area contributed by atoms with Crippen LogP contribution in [0.1, 0.15) is 28.9 Å². The summed E-state index contributed by atoms with van der Waals surface area (Å²) in [5.74, 6) is -0.0529. The molecule has 0 N–H and O–H groups in total. The first kappa shape index (κ1) is 14.7. The van der Waals surface area contributed by atoms with Crippen LogP contribution in [0.25, 0.3) is 0 Å². The van der Waals surface area contributed by atoms with Gasteiger partial charge in [-0.1, -0.05) is 29.8 Å². The van der Waals surface area contributed by atoms with E-state index in [0.29, 0.717) is 16.8 Å². The second-order valence-electron chi connectivity index (χ2n) is 6.17. The minimum atomic E-state index is -0.0529. The van der Waals surface area contributed by atoms with Crippen molar-refractivity contribution in [1.82, 2.24) is 9.88 Å². The number of carbonyl (C=O) groups excluding carboxylic acids is 1. The number of fused-ring (bicyclic) bond motifs is 2. The summed E-state index contributed by atoms with van der Waals surface area (Å²) in [6, 6.07) is 12.0. The molecule has 1 aromatic heterocycles. The zero-order valence-electron chi connectivity index (χ0n) is 12.8. The first-order valence-electron chi connectivity index (χ1n) is 7.98. The van der Waals surface area contributed by atoms with E-state index in [-0.39, 0.29) is 5.91 Å². The van der Waals surface area contributed by atoms with Crippen molar-refractivity contribution < 1.29 is 4.79 Å². The molecule has 1 atom stereocenters. The van der Waals surface area contributed by atoms with E-state index in [2.05, 4.69) is 16.0 Å². The number of halogens is 1. The van der Waals surface area contributed by atoms with Gasteiger partial charge in [-0.15, -0.1) is 0 Å². The van der Waals surface area contributed by atoms with Gasteiger partial charge in [0.1, 0.15) is 5.69 Å². The fourth-order valence-corrected chi connectivity index (χ4v) is 3.69. The number of rotatable bonds is 1. The summed E-state index contributed by atoms with van der Waals surface area (Å²) in [6.45, 7) is 2.75. The minimum Gasteiger partial charge on any atom is -0.305 e. The first-order chi connectivity index (χ1) is 11.2. The van der Waals surface area contributed by atoms with Crippen LogP contribution in [0.3, 0.4) is 0 Å². The van der Waals surface area contributed by atoms with Crippen LogP contribution in [0.15, 0.2) is 42.6 Å². The molecule has 1 aromatic carbocycles. The van der Waals surface area contributed by atoms with Crippen molar-refractivity contribution in [1.29, 1.82) is 0 Å². The Kier molecular flexibility index (Phi) is 3.79. The first-order valence-corrected chi connectivity index (χ1v) is 8.35. The van der Waals surface area contributed by atoms with Gasteiger partial charge in [0.05, 0.1) is 5.02 Å². The maximum atomic E-state index is 13.0. The number of pyridine rings is 1. The van der Waals surface area contributed by atoms with Crippen LogP contribution in [0.5, 0.6) is 0 Å². The van der Waals surface area contributed by atoms with E-state index < -0.39 is 0 Å². The number of hydrogen-bond acceptors (Lipinski definition) is 3. The Morgan fingerprint density at radius 1 is 1.22 bits per heavy atom. The van der Waals surface area contributed by atoms with Crippen molar-refractivity contribution in [3.63, 3.8) is 0 Å². The van der Waals surface area contributed by atoms with E-state index in [1.807, 2.05) is 23.1 Å². The largest absolute Gasteiger partial charge is 0.305 e. The molecule has 4 nitrogen and oxygen atoms in total. The molecule has 0 aliphatic carbocycles. The van der Waals surface area contributed by atoms with Crippen molar-refractivity contribution in [3.8, 4) is 0 Å². The predicted octanol–water partition coefficient (Wildman–Crippen LogP) is 3.36. The summed E-state index contributed by atoms with van der Waals surface area (Å²) in [6.07, 6.45) is 3.88. The van der Waals surface area contributed by atoms with Gasteiger partial charge in [-0.25, -0.2) is 4.98 Å². The Bertz CT molecular complexity index is 731. The Labute approximate surface area is 140 Å². The Hall–Kier alpha value is -1.91. The van der Waals surface area contributed by atoms with Gasteiger partial charge in [-0.05, 0) is 43.1 Å². The zero-order valence-corrected chi connectivity index (χ0v) is 13.5. The van der Waals surface area contributed by atoms with E-state index in [1.54, 1.807) is 12.1 Å². The lowest BCUT2D eigenvalue weighted by Crippen LogP contribution is -2.40. The van der Waals surface area contributed by atoms with Crippen LogP contribution in [0.2, 0.25) is 5.02 Å². The maximum absolute atomic E-state index is 13.0. The highest BCUT2D eigenvalue weighted by molar-refractivity contribution is 6.30. The molecule has 2 aliphatic heterocycles. The Morgan fingerprint density at radius 2 is 2.09 bits per heavy atom. The number of benzene rings is 1. The average Bonchev–Trinajstić information content (AvgIpc) is 2.94. The highest BCUT2D eigenvalue weighted by Gasteiger charge is 2.33. The SMILES string of the molecule is O=C(c1ccc(Cl)cn1)N1C[C@@H]2CCCN2Cc2ccccc21. The molecule has 1 fully saturated rings. The summed E-state index contributed by atoms with van der Waals surface area (Å²) in [4.78, 5) is 21.6. The van der Waals surface area contributed by atoms with Crippen LogP contribution in [-0.4, -0.2) is 34.9 Å². The normalized spacial score (nSPS) is 20.7. The Morgan fingerprint density at radius 3 is 2.91 bits per heavy atom.